The van der Waals surface area contributed by atoms with Crippen LogP contribution in [0.2, 0.25) is 0 Å². The lowest BCUT2D eigenvalue weighted by Crippen LogP contribution is -2.40. The van der Waals surface area contributed by atoms with E-state index < -0.39 is 0 Å². The van der Waals surface area contributed by atoms with E-state index in [-0.39, 0.29) is 0 Å². The molecule has 1 heteroatoms. The Hall–Kier alpha value is -1.86. The lowest BCUT2D eigenvalue weighted by atomic mass is 10.0. The molecule has 0 radical (unpaired) electrons. The Bertz CT molecular complexity index is 641. The molecule has 0 aliphatic rings. The molecule has 0 amide bonds. The molecule has 0 saturated carbocycles. The van der Waals surface area contributed by atoms with Crippen LogP contribution in [0.25, 0.3) is 21.5 Å². The van der Waals surface area contributed by atoms with E-state index >= 15 is 0 Å². The topological polar surface area (TPSA) is 27.6 Å². The molecule has 0 spiro atoms. The molecular formula is C14H12N+. The second-order valence-corrected chi connectivity index (χ2v) is 3.84. The molecule has 0 aliphatic carbocycles. The van der Waals surface area contributed by atoms with Crippen molar-refractivity contribution in [2.75, 3.05) is 0 Å². The van der Waals surface area contributed by atoms with Gasteiger partial charge in [0.2, 0.25) is 0 Å². The molecule has 0 aromatic heterocycles. The van der Waals surface area contributed by atoms with E-state index in [2.05, 4.69) is 60.3 Å². The number of hydrogen-bond acceptors (Lipinski definition) is 0. The van der Waals surface area contributed by atoms with Crippen LogP contribution in [-0.2, 0) is 0 Å². The summed E-state index contributed by atoms with van der Waals surface area (Å²) in [5.74, 6) is 0. The SMILES string of the molecule is [NH3+]c1cccc2cc3ccccc3cc12. The van der Waals surface area contributed by atoms with Crippen molar-refractivity contribution in [2.24, 2.45) is 0 Å². The molecule has 0 atom stereocenters. The second kappa shape index (κ2) is 3.07. The largest absolute Gasteiger partial charge is 0.325 e. The zero-order valence-corrected chi connectivity index (χ0v) is 8.40. The third-order valence-corrected chi connectivity index (χ3v) is 2.84. The van der Waals surface area contributed by atoms with E-state index in [0.29, 0.717) is 0 Å². The maximum Gasteiger partial charge on any atom is 0.135 e. The van der Waals surface area contributed by atoms with E-state index in [4.69, 9.17) is 0 Å². The summed E-state index contributed by atoms with van der Waals surface area (Å²) < 4.78 is 0. The molecule has 3 rings (SSSR count). The van der Waals surface area contributed by atoms with Crippen molar-refractivity contribution in [3.05, 3.63) is 54.6 Å². The third kappa shape index (κ3) is 1.29. The second-order valence-electron chi connectivity index (χ2n) is 3.84. The Kier molecular flexibility index (Phi) is 1.73. The summed E-state index contributed by atoms with van der Waals surface area (Å²) in [6, 6.07) is 19.1. The standard InChI is InChI=1S/C14H11N/c15-14-7-3-6-12-8-10-4-1-2-5-11(10)9-13(12)14/h1-9H,15H2/p+1. The van der Waals surface area contributed by atoms with Gasteiger partial charge in [0, 0.05) is 5.39 Å². The number of hydrogen-bond donors (Lipinski definition) is 1. The van der Waals surface area contributed by atoms with Gasteiger partial charge >= 0.3 is 0 Å². The number of rotatable bonds is 0. The summed E-state index contributed by atoms with van der Waals surface area (Å²) in [6.07, 6.45) is 0. The van der Waals surface area contributed by atoms with Gasteiger partial charge in [-0.3, -0.25) is 0 Å². The average molecular weight is 194 g/mol. The molecular weight excluding hydrogens is 182 g/mol. The predicted molar refractivity (Wildman–Crippen MR) is 64.0 cm³/mol. The normalized spacial score (nSPS) is 11.0. The number of fused-ring (bicyclic) bond motifs is 2. The van der Waals surface area contributed by atoms with Crippen LogP contribution < -0.4 is 5.73 Å². The zero-order chi connectivity index (χ0) is 10.3. The van der Waals surface area contributed by atoms with Gasteiger partial charge < -0.3 is 5.73 Å². The minimum absolute atomic E-state index is 1.10. The van der Waals surface area contributed by atoms with Crippen LogP contribution in [0.4, 0.5) is 5.69 Å². The van der Waals surface area contributed by atoms with Crippen LogP contribution >= 0.6 is 0 Å². The molecule has 0 aliphatic heterocycles. The Morgan fingerprint density at radius 3 is 2.13 bits per heavy atom. The van der Waals surface area contributed by atoms with Gasteiger partial charge in [0.05, 0.1) is 0 Å². The smallest absolute Gasteiger partial charge is 0.135 e. The highest BCUT2D eigenvalue weighted by atomic mass is 14.5. The summed E-state index contributed by atoms with van der Waals surface area (Å²) in [7, 11) is 0. The van der Waals surface area contributed by atoms with E-state index in [1.807, 2.05) is 0 Å². The Morgan fingerprint density at radius 2 is 1.33 bits per heavy atom. The molecule has 0 unspecified atom stereocenters. The van der Waals surface area contributed by atoms with Crippen molar-refractivity contribution in [3.63, 3.8) is 0 Å². The molecule has 3 aromatic rings. The lowest BCUT2D eigenvalue weighted by molar-refractivity contribution is -0.252. The third-order valence-electron chi connectivity index (χ3n) is 2.84. The summed E-state index contributed by atoms with van der Waals surface area (Å²) in [6.45, 7) is 0. The van der Waals surface area contributed by atoms with Crippen LogP contribution in [0.5, 0.6) is 0 Å². The maximum atomic E-state index is 4.06. The first-order valence-corrected chi connectivity index (χ1v) is 5.08. The van der Waals surface area contributed by atoms with Gasteiger partial charge in [-0.15, -0.1) is 0 Å². The molecule has 0 heterocycles. The fraction of sp³-hybridized carbons (Fsp3) is 0. The van der Waals surface area contributed by atoms with Gasteiger partial charge in [0.25, 0.3) is 0 Å². The van der Waals surface area contributed by atoms with Crippen molar-refractivity contribution >= 4 is 27.2 Å². The van der Waals surface area contributed by atoms with Gasteiger partial charge in [0.15, 0.2) is 0 Å². The van der Waals surface area contributed by atoms with E-state index in [1.54, 1.807) is 0 Å². The first kappa shape index (κ1) is 8.45. The van der Waals surface area contributed by atoms with Crippen LogP contribution in [0, 0.1) is 0 Å². The number of benzene rings is 3. The van der Waals surface area contributed by atoms with E-state index in [0.717, 1.165) is 5.69 Å². The molecule has 15 heavy (non-hydrogen) atoms. The minimum atomic E-state index is 1.10. The van der Waals surface area contributed by atoms with Crippen LogP contribution in [0.15, 0.2) is 54.6 Å². The van der Waals surface area contributed by atoms with Gasteiger partial charge in [-0.05, 0) is 34.4 Å². The van der Waals surface area contributed by atoms with Crippen molar-refractivity contribution in [1.82, 2.24) is 0 Å². The molecule has 0 bridgehead atoms. The maximum absolute atomic E-state index is 4.06. The fourth-order valence-corrected chi connectivity index (χ4v) is 2.03. The first-order valence-electron chi connectivity index (χ1n) is 5.08. The highest BCUT2D eigenvalue weighted by Gasteiger charge is 2.01. The van der Waals surface area contributed by atoms with Crippen LogP contribution in [0.3, 0.4) is 0 Å². The molecule has 0 saturated heterocycles. The molecule has 3 N–H and O–H groups in total. The van der Waals surface area contributed by atoms with Crippen molar-refractivity contribution in [1.29, 1.82) is 0 Å². The first-order chi connectivity index (χ1) is 7.34. The summed E-state index contributed by atoms with van der Waals surface area (Å²) in [5.41, 5.74) is 5.15. The summed E-state index contributed by atoms with van der Waals surface area (Å²) in [5, 5.41) is 5.08. The van der Waals surface area contributed by atoms with Crippen LogP contribution in [0.1, 0.15) is 0 Å². The van der Waals surface area contributed by atoms with Crippen LogP contribution in [-0.4, -0.2) is 0 Å². The fourth-order valence-electron chi connectivity index (χ4n) is 2.03. The summed E-state index contributed by atoms with van der Waals surface area (Å²) >= 11 is 0. The quantitative estimate of drug-likeness (QED) is 0.533. The Morgan fingerprint density at radius 1 is 0.667 bits per heavy atom. The molecule has 0 fully saturated rings. The predicted octanol–water partition coefficient (Wildman–Crippen LogP) is 2.87. The van der Waals surface area contributed by atoms with Gasteiger partial charge in [0.1, 0.15) is 5.69 Å². The van der Waals surface area contributed by atoms with Crippen molar-refractivity contribution < 1.29 is 5.73 Å². The Labute approximate surface area is 88.1 Å². The molecule has 3 aromatic carbocycles. The summed E-state index contributed by atoms with van der Waals surface area (Å²) in [4.78, 5) is 0. The molecule has 72 valence electrons. The van der Waals surface area contributed by atoms with Gasteiger partial charge in [-0.1, -0.05) is 36.4 Å². The van der Waals surface area contributed by atoms with Crippen molar-refractivity contribution in [2.45, 2.75) is 0 Å². The zero-order valence-electron chi connectivity index (χ0n) is 8.40. The minimum Gasteiger partial charge on any atom is -0.325 e. The van der Waals surface area contributed by atoms with Crippen molar-refractivity contribution in [3.8, 4) is 0 Å². The molecule has 1 nitrogen and oxygen atoms in total. The average Bonchev–Trinajstić information content (AvgIpc) is 2.27. The van der Waals surface area contributed by atoms with Gasteiger partial charge in [-0.25, -0.2) is 0 Å². The lowest BCUT2D eigenvalue weighted by Gasteiger charge is -2.02. The number of quaternary nitrogens is 1. The highest BCUT2D eigenvalue weighted by Crippen LogP contribution is 2.25. The Balaban J connectivity index is 2.53. The highest BCUT2D eigenvalue weighted by molar-refractivity contribution is 6.01. The monoisotopic (exact) mass is 194 g/mol. The van der Waals surface area contributed by atoms with E-state index in [9.17, 15) is 0 Å². The van der Waals surface area contributed by atoms with Gasteiger partial charge in [-0.2, -0.15) is 0 Å². The van der Waals surface area contributed by atoms with E-state index in [1.165, 1.54) is 21.5 Å².